The van der Waals surface area contributed by atoms with Crippen molar-refractivity contribution in [3.8, 4) is 0 Å². The Bertz CT molecular complexity index is 411. The Morgan fingerprint density at radius 2 is 2.05 bits per heavy atom. The van der Waals surface area contributed by atoms with Gasteiger partial charge in [-0.3, -0.25) is 15.0 Å². The van der Waals surface area contributed by atoms with Crippen LogP contribution in [0, 0.1) is 0 Å². The molecular formula is C13H21N3O5. The molecule has 2 atom stereocenters. The topological polar surface area (TPSA) is 131 Å². The highest BCUT2D eigenvalue weighted by Gasteiger charge is 2.18. The molecular weight excluding hydrogens is 278 g/mol. The van der Waals surface area contributed by atoms with Gasteiger partial charge in [-0.05, 0) is 31.8 Å². The number of hydrogen-bond acceptors (Lipinski definition) is 5. The molecule has 0 saturated heterocycles. The van der Waals surface area contributed by atoms with E-state index in [2.05, 4.69) is 5.43 Å². The minimum Gasteiger partial charge on any atom is -0.481 e. The Kier molecular flexibility index (Phi) is 7.24. The second-order valence-electron chi connectivity index (χ2n) is 4.83. The number of ether oxygens (including phenoxy) is 1. The van der Waals surface area contributed by atoms with Crippen LogP contribution < -0.4 is 16.6 Å². The normalized spacial score (nSPS) is 21.3. The number of amides is 2. The van der Waals surface area contributed by atoms with Crippen LogP contribution in [0.2, 0.25) is 0 Å². The molecule has 2 unspecified atom stereocenters. The fourth-order valence-corrected chi connectivity index (χ4v) is 1.88. The molecule has 118 valence electrons. The third kappa shape index (κ3) is 7.31. The van der Waals surface area contributed by atoms with Gasteiger partial charge < -0.3 is 15.6 Å². The molecule has 1 aliphatic carbocycles. The number of aliphatic carboxylic acids is 1. The monoisotopic (exact) mass is 299 g/mol. The number of nitrogens with two attached hydrogens (primary N) is 1. The Hall–Kier alpha value is -2.09. The van der Waals surface area contributed by atoms with Crippen molar-refractivity contribution in [3.05, 3.63) is 12.2 Å². The van der Waals surface area contributed by atoms with Crippen LogP contribution >= 0.6 is 0 Å². The standard InChI is InChI=1S/C13H21N3O5/c14-10(8-11(17)18)12(19)15-16-13(20)21-9-6-4-2-1-3-5-7-9/h4,6,9-10H,1-3,5,7-8,14H2,(H,15,19)(H,16,20)(H,17,18)/b6-4+. The number of rotatable bonds is 4. The van der Waals surface area contributed by atoms with Crippen LogP contribution in [0.1, 0.15) is 38.5 Å². The molecule has 0 radical (unpaired) electrons. The molecule has 0 fully saturated rings. The van der Waals surface area contributed by atoms with Crippen LogP contribution in [0.25, 0.3) is 0 Å². The zero-order valence-corrected chi connectivity index (χ0v) is 11.7. The number of carboxylic acids is 1. The number of allylic oxidation sites excluding steroid dienone is 1. The minimum absolute atomic E-state index is 0.324. The molecule has 8 heteroatoms. The van der Waals surface area contributed by atoms with Gasteiger partial charge in [0.1, 0.15) is 6.10 Å². The van der Waals surface area contributed by atoms with E-state index in [0.29, 0.717) is 0 Å². The first-order chi connectivity index (χ1) is 9.99. The number of carbonyl (C=O) groups excluding carboxylic acids is 2. The van der Waals surface area contributed by atoms with Gasteiger partial charge in [0.25, 0.3) is 5.91 Å². The van der Waals surface area contributed by atoms with Crippen molar-refractivity contribution in [2.75, 3.05) is 0 Å². The quantitative estimate of drug-likeness (QED) is 0.440. The lowest BCUT2D eigenvalue weighted by Crippen LogP contribution is -2.50. The molecule has 0 saturated carbocycles. The lowest BCUT2D eigenvalue weighted by atomic mass is 10.0. The number of carboxylic acid groups (broad SMARTS) is 1. The molecule has 0 spiro atoms. The zero-order chi connectivity index (χ0) is 15.7. The molecule has 0 aliphatic heterocycles. The molecule has 1 rings (SSSR count). The predicted octanol–water partition coefficient (Wildman–Crippen LogP) is 0.435. The maximum atomic E-state index is 11.5. The van der Waals surface area contributed by atoms with E-state index in [1.807, 2.05) is 17.6 Å². The first-order valence-corrected chi connectivity index (χ1v) is 6.89. The first-order valence-electron chi connectivity index (χ1n) is 6.89. The van der Waals surface area contributed by atoms with Gasteiger partial charge in [-0.2, -0.15) is 0 Å². The van der Waals surface area contributed by atoms with E-state index < -0.39 is 30.4 Å². The molecule has 0 aromatic rings. The van der Waals surface area contributed by atoms with E-state index in [1.165, 1.54) is 0 Å². The van der Waals surface area contributed by atoms with Crippen molar-refractivity contribution in [1.29, 1.82) is 0 Å². The average Bonchev–Trinajstić information content (AvgIpc) is 2.38. The summed E-state index contributed by atoms with van der Waals surface area (Å²) in [5.41, 5.74) is 9.41. The highest BCUT2D eigenvalue weighted by molar-refractivity contribution is 5.87. The fourth-order valence-electron chi connectivity index (χ4n) is 1.88. The van der Waals surface area contributed by atoms with Crippen LogP contribution in [-0.4, -0.2) is 35.2 Å². The third-order valence-corrected chi connectivity index (χ3v) is 2.99. The lowest BCUT2D eigenvalue weighted by Gasteiger charge is -2.17. The summed E-state index contributed by atoms with van der Waals surface area (Å²) in [5.74, 6) is -1.98. The maximum Gasteiger partial charge on any atom is 0.426 e. The van der Waals surface area contributed by atoms with Crippen LogP contribution in [0.3, 0.4) is 0 Å². The van der Waals surface area contributed by atoms with Gasteiger partial charge in [-0.15, -0.1) is 0 Å². The predicted molar refractivity (Wildman–Crippen MR) is 74.0 cm³/mol. The molecule has 0 aromatic heterocycles. The van der Waals surface area contributed by atoms with E-state index in [0.717, 1.165) is 32.1 Å². The summed E-state index contributed by atoms with van der Waals surface area (Å²) in [6, 6.07) is -1.23. The summed E-state index contributed by atoms with van der Waals surface area (Å²) in [5, 5.41) is 8.50. The van der Waals surface area contributed by atoms with Crippen molar-refractivity contribution in [2.24, 2.45) is 5.73 Å². The summed E-state index contributed by atoms with van der Waals surface area (Å²) in [4.78, 5) is 33.3. The van der Waals surface area contributed by atoms with Crippen LogP contribution in [0.5, 0.6) is 0 Å². The van der Waals surface area contributed by atoms with Crippen LogP contribution in [-0.2, 0) is 14.3 Å². The molecule has 2 amide bonds. The van der Waals surface area contributed by atoms with Crippen molar-refractivity contribution < 1.29 is 24.2 Å². The van der Waals surface area contributed by atoms with Crippen molar-refractivity contribution >= 4 is 18.0 Å². The summed E-state index contributed by atoms with van der Waals surface area (Å²) < 4.78 is 5.13. The maximum absolute atomic E-state index is 11.5. The van der Waals surface area contributed by atoms with Gasteiger partial charge in [-0.25, -0.2) is 10.2 Å². The highest BCUT2D eigenvalue weighted by Crippen LogP contribution is 2.14. The van der Waals surface area contributed by atoms with Crippen molar-refractivity contribution in [2.45, 2.75) is 50.7 Å². The van der Waals surface area contributed by atoms with Gasteiger partial charge in [0, 0.05) is 0 Å². The summed E-state index contributed by atoms with van der Waals surface area (Å²) in [6.45, 7) is 0. The van der Waals surface area contributed by atoms with Crippen LogP contribution in [0.15, 0.2) is 12.2 Å². The van der Waals surface area contributed by atoms with E-state index in [9.17, 15) is 14.4 Å². The Balaban J connectivity index is 2.31. The highest BCUT2D eigenvalue weighted by atomic mass is 16.6. The minimum atomic E-state index is -1.23. The molecule has 1 aliphatic rings. The largest absolute Gasteiger partial charge is 0.481 e. The van der Waals surface area contributed by atoms with Crippen molar-refractivity contribution in [3.63, 3.8) is 0 Å². The number of hydrazine groups is 1. The number of carbonyl (C=O) groups is 3. The number of nitrogens with one attached hydrogen (secondary N) is 2. The third-order valence-electron chi connectivity index (χ3n) is 2.99. The fraction of sp³-hybridized carbons (Fsp3) is 0.615. The lowest BCUT2D eigenvalue weighted by molar-refractivity contribution is -0.139. The van der Waals surface area contributed by atoms with Crippen LogP contribution in [0.4, 0.5) is 4.79 Å². The zero-order valence-electron chi connectivity index (χ0n) is 11.7. The molecule has 0 bridgehead atoms. The smallest absolute Gasteiger partial charge is 0.426 e. The summed E-state index contributed by atoms with van der Waals surface area (Å²) in [7, 11) is 0. The molecule has 8 nitrogen and oxygen atoms in total. The van der Waals surface area contributed by atoms with E-state index in [4.69, 9.17) is 15.6 Å². The van der Waals surface area contributed by atoms with E-state index in [-0.39, 0.29) is 6.10 Å². The second-order valence-corrected chi connectivity index (χ2v) is 4.83. The Morgan fingerprint density at radius 3 is 2.76 bits per heavy atom. The SMILES string of the molecule is NC(CC(=O)O)C(=O)NNC(=O)OC1/C=C/CCCCC1. The van der Waals surface area contributed by atoms with Gasteiger partial charge in [-0.1, -0.05) is 12.5 Å². The molecule has 5 N–H and O–H groups in total. The average molecular weight is 299 g/mol. The van der Waals surface area contributed by atoms with Gasteiger partial charge in [0.15, 0.2) is 0 Å². The molecule has 0 aromatic carbocycles. The Morgan fingerprint density at radius 1 is 1.29 bits per heavy atom. The first kappa shape index (κ1) is 17.0. The van der Waals surface area contributed by atoms with Gasteiger partial charge in [0.05, 0.1) is 12.5 Å². The Labute approximate surface area is 122 Å². The van der Waals surface area contributed by atoms with Crippen molar-refractivity contribution in [1.82, 2.24) is 10.9 Å². The van der Waals surface area contributed by atoms with Gasteiger partial charge >= 0.3 is 12.1 Å². The summed E-state index contributed by atoms with van der Waals surface area (Å²) >= 11 is 0. The number of hydrogen-bond donors (Lipinski definition) is 4. The molecule has 0 heterocycles. The van der Waals surface area contributed by atoms with Gasteiger partial charge in [0.2, 0.25) is 0 Å². The van der Waals surface area contributed by atoms with E-state index in [1.54, 1.807) is 0 Å². The second kappa shape index (κ2) is 8.96. The summed E-state index contributed by atoms with van der Waals surface area (Å²) in [6.07, 6.45) is 7.04. The molecule has 21 heavy (non-hydrogen) atoms. The van der Waals surface area contributed by atoms with E-state index >= 15 is 0 Å².